The number of sulfonamides is 1. The van der Waals surface area contributed by atoms with Crippen LogP contribution in [0.25, 0.3) is 0 Å². The molecule has 0 bridgehead atoms. The number of nitrogens with one attached hydrogen (secondary N) is 1. The molecule has 0 radical (unpaired) electrons. The number of hydrogen-bond donors (Lipinski definition) is 2. The average molecular weight is 318 g/mol. The van der Waals surface area contributed by atoms with Gasteiger partial charge in [-0.05, 0) is 19.1 Å². The van der Waals surface area contributed by atoms with Gasteiger partial charge in [-0.15, -0.1) is 22.7 Å². The molecule has 0 atom stereocenters. The van der Waals surface area contributed by atoms with Crippen molar-refractivity contribution in [3.63, 3.8) is 0 Å². The lowest BCUT2D eigenvalue weighted by molar-refractivity contribution is 0.0702. The summed E-state index contributed by atoms with van der Waals surface area (Å²) in [6.45, 7) is 1.98. The van der Waals surface area contributed by atoms with Gasteiger partial charge in [-0.3, -0.25) is 0 Å². The molecule has 2 aromatic heterocycles. The molecule has 102 valence electrons. The van der Waals surface area contributed by atoms with E-state index in [-0.39, 0.29) is 15.6 Å². The standard InChI is InChI=1S/C10H10N2O4S3/c1-6-11-4-7(17-6)5-12-19(15,16)9-3-2-8(18-9)10(13)14/h2-4,12H,5H2,1H3,(H,13,14). The summed E-state index contributed by atoms with van der Waals surface area (Å²) in [5, 5.41) is 9.62. The Morgan fingerprint density at radius 2 is 2.16 bits per heavy atom. The molecule has 0 fully saturated rings. The average Bonchev–Trinajstić information content (AvgIpc) is 2.95. The lowest BCUT2D eigenvalue weighted by Gasteiger charge is -2.02. The fourth-order valence-corrected chi connectivity index (χ4v) is 4.33. The molecule has 0 aliphatic heterocycles. The fraction of sp³-hybridized carbons (Fsp3) is 0.200. The van der Waals surface area contributed by atoms with E-state index in [2.05, 4.69) is 9.71 Å². The third kappa shape index (κ3) is 3.38. The zero-order valence-electron chi connectivity index (χ0n) is 9.78. The van der Waals surface area contributed by atoms with Crippen molar-refractivity contribution < 1.29 is 18.3 Å². The first-order valence-corrected chi connectivity index (χ1v) is 8.24. The highest BCUT2D eigenvalue weighted by Gasteiger charge is 2.18. The first-order valence-electron chi connectivity index (χ1n) is 5.12. The maximum Gasteiger partial charge on any atom is 0.345 e. The van der Waals surface area contributed by atoms with Crippen molar-refractivity contribution in [2.24, 2.45) is 0 Å². The number of rotatable bonds is 5. The van der Waals surface area contributed by atoms with Crippen molar-refractivity contribution in [2.45, 2.75) is 17.7 Å². The molecule has 0 unspecified atom stereocenters. The van der Waals surface area contributed by atoms with Crippen LogP contribution in [0.2, 0.25) is 0 Å². The molecule has 6 nitrogen and oxygen atoms in total. The lowest BCUT2D eigenvalue weighted by atomic mass is 10.5. The molecule has 0 spiro atoms. The van der Waals surface area contributed by atoms with Gasteiger partial charge < -0.3 is 5.11 Å². The van der Waals surface area contributed by atoms with E-state index in [0.717, 1.165) is 21.2 Å². The normalized spacial score (nSPS) is 11.6. The number of hydrogen-bond acceptors (Lipinski definition) is 6. The van der Waals surface area contributed by atoms with Crippen molar-refractivity contribution in [1.29, 1.82) is 0 Å². The minimum absolute atomic E-state index is 0.00555. The molecule has 0 amide bonds. The SMILES string of the molecule is Cc1ncc(CNS(=O)(=O)c2ccc(C(=O)O)s2)s1. The third-order valence-electron chi connectivity index (χ3n) is 2.16. The monoisotopic (exact) mass is 318 g/mol. The summed E-state index contributed by atoms with van der Waals surface area (Å²) in [7, 11) is -3.68. The molecule has 0 saturated heterocycles. The summed E-state index contributed by atoms with van der Waals surface area (Å²) < 4.78 is 26.3. The molecule has 2 rings (SSSR count). The Balaban J connectivity index is 2.11. The summed E-state index contributed by atoms with van der Waals surface area (Å²) in [6.07, 6.45) is 1.61. The molecule has 0 saturated carbocycles. The van der Waals surface area contributed by atoms with Gasteiger partial charge in [0.25, 0.3) is 0 Å². The number of nitrogens with zero attached hydrogens (tertiary/aromatic N) is 1. The van der Waals surface area contributed by atoms with Crippen LogP contribution < -0.4 is 4.72 Å². The van der Waals surface area contributed by atoms with Gasteiger partial charge in [0.05, 0.1) is 5.01 Å². The van der Waals surface area contributed by atoms with E-state index in [9.17, 15) is 13.2 Å². The minimum atomic E-state index is -3.68. The molecule has 2 aromatic rings. The summed E-state index contributed by atoms with van der Waals surface area (Å²) in [6, 6.07) is 2.56. The number of thiophene rings is 1. The van der Waals surface area contributed by atoms with Gasteiger partial charge in [0.2, 0.25) is 10.0 Å². The number of carboxylic acid groups (broad SMARTS) is 1. The van der Waals surface area contributed by atoms with Crippen molar-refractivity contribution >= 4 is 38.7 Å². The molecule has 0 aliphatic carbocycles. The van der Waals surface area contributed by atoms with Crippen LogP contribution in [0.15, 0.2) is 22.5 Å². The van der Waals surface area contributed by atoms with Crippen LogP contribution in [0.3, 0.4) is 0 Å². The fourth-order valence-electron chi connectivity index (χ4n) is 1.30. The van der Waals surface area contributed by atoms with Crippen LogP contribution in [-0.2, 0) is 16.6 Å². The minimum Gasteiger partial charge on any atom is -0.477 e. The second-order valence-electron chi connectivity index (χ2n) is 3.59. The molecular weight excluding hydrogens is 308 g/mol. The van der Waals surface area contributed by atoms with Crippen LogP contribution >= 0.6 is 22.7 Å². The van der Waals surface area contributed by atoms with Crippen molar-refractivity contribution in [2.75, 3.05) is 0 Å². The predicted octanol–water partition coefficient (Wildman–Crippen LogP) is 1.69. The maximum absolute atomic E-state index is 11.9. The zero-order chi connectivity index (χ0) is 14.0. The first kappa shape index (κ1) is 14.1. The van der Waals surface area contributed by atoms with E-state index in [4.69, 9.17) is 5.11 Å². The Morgan fingerprint density at radius 1 is 1.42 bits per heavy atom. The molecule has 0 aromatic carbocycles. The molecule has 9 heteroatoms. The van der Waals surface area contributed by atoms with E-state index in [1.807, 2.05) is 6.92 Å². The Kier molecular flexibility index (Phi) is 3.99. The van der Waals surface area contributed by atoms with E-state index >= 15 is 0 Å². The predicted molar refractivity (Wildman–Crippen MR) is 72.2 cm³/mol. The van der Waals surface area contributed by atoms with Crippen LogP contribution in [0.1, 0.15) is 19.6 Å². The van der Waals surface area contributed by atoms with E-state index in [0.29, 0.717) is 0 Å². The van der Waals surface area contributed by atoms with Gasteiger partial charge in [-0.1, -0.05) is 0 Å². The van der Waals surface area contributed by atoms with Gasteiger partial charge >= 0.3 is 5.97 Å². The Bertz CT molecular complexity index is 702. The molecular formula is C10H10N2O4S3. The summed E-state index contributed by atoms with van der Waals surface area (Å²) in [5.41, 5.74) is 0. The van der Waals surface area contributed by atoms with Gasteiger partial charge in [-0.2, -0.15) is 0 Å². The van der Waals surface area contributed by atoms with Gasteiger partial charge in [0.15, 0.2) is 0 Å². The Labute approximate surface area is 117 Å². The number of aryl methyl sites for hydroxylation is 1. The number of aromatic carboxylic acids is 1. The highest BCUT2D eigenvalue weighted by Crippen LogP contribution is 2.22. The highest BCUT2D eigenvalue weighted by molar-refractivity contribution is 7.91. The number of carboxylic acids is 1. The zero-order valence-corrected chi connectivity index (χ0v) is 12.2. The summed E-state index contributed by atoms with van der Waals surface area (Å²) >= 11 is 2.13. The van der Waals surface area contributed by atoms with Gasteiger partial charge in [0.1, 0.15) is 9.09 Å². The second kappa shape index (κ2) is 5.37. The molecule has 2 heterocycles. The smallest absolute Gasteiger partial charge is 0.345 e. The largest absolute Gasteiger partial charge is 0.477 e. The molecule has 0 aliphatic rings. The van der Waals surface area contributed by atoms with E-state index < -0.39 is 16.0 Å². The lowest BCUT2D eigenvalue weighted by Crippen LogP contribution is -2.21. The summed E-state index contributed by atoms with van der Waals surface area (Å²) in [5.74, 6) is -1.13. The van der Waals surface area contributed by atoms with Crippen molar-refractivity contribution in [1.82, 2.24) is 9.71 Å². The van der Waals surface area contributed by atoms with Crippen LogP contribution in [0, 0.1) is 6.92 Å². The highest BCUT2D eigenvalue weighted by atomic mass is 32.2. The summed E-state index contributed by atoms with van der Waals surface area (Å²) in [4.78, 5) is 15.5. The number of aromatic nitrogens is 1. The van der Waals surface area contributed by atoms with Crippen molar-refractivity contribution in [3.8, 4) is 0 Å². The van der Waals surface area contributed by atoms with Gasteiger partial charge in [-0.25, -0.2) is 22.9 Å². The number of carbonyl (C=O) groups is 1. The Hall–Kier alpha value is -1.29. The van der Waals surface area contributed by atoms with E-state index in [1.54, 1.807) is 6.20 Å². The van der Waals surface area contributed by atoms with Gasteiger partial charge in [0, 0.05) is 17.6 Å². The van der Waals surface area contributed by atoms with Crippen molar-refractivity contribution in [3.05, 3.63) is 33.1 Å². The topological polar surface area (TPSA) is 96.4 Å². The Morgan fingerprint density at radius 3 is 2.68 bits per heavy atom. The van der Waals surface area contributed by atoms with Crippen LogP contribution in [0.4, 0.5) is 0 Å². The van der Waals surface area contributed by atoms with Crippen LogP contribution in [0.5, 0.6) is 0 Å². The third-order valence-corrected chi connectivity index (χ3v) is 6.04. The second-order valence-corrected chi connectivity index (χ2v) is 7.99. The molecule has 19 heavy (non-hydrogen) atoms. The number of thiazole rings is 1. The first-order chi connectivity index (χ1) is 8.88. The maximum atomic E-state index is 11.9. The van der Waals surface area contributed by atoms with Crippen LogP contribution in [-0.4, -0.2) is 24.5 Å². The quantitative estimate of drug-likeness (QED) is 0.874. The molecule has 2 N–H and O–H groups in total. The van der Waals surface area contributed by atoms with E-state index in [1.165, 1.54) is 23.5 Å².